The number of nitrogens with zero attached hydrogens (tertiary/aromatic N) is 3. The van der Waals surface area contributed by atoms with Crippen molar-refractivity contribution < 1.29 is 14.3 Å². The van der Waals surface area contributed by atoms with E-state index >= 15 is 0 Å². The zero-order valence-electron chi connectivity index (χ0n) is 18.9. The van der Waals surface area contributed by atoms with Crippen LogP contribution >= 0.6 is 11.8 Å². The molecule has 0 fully saturated rings. The molecule has 0 aliphatic carbocycles. The minimum Gasteiger partial charge on any atom is -0.490 e. The summed E-state index contributed by atoms with van der Waals surface area (Å²) in [6.45, 7) is 7.01. The minimum atomic E-state index is -0.433. The molecular weight excluding hydrogens is 436 g/mol. The Morgan fingerprint density at radius 3 is 2.70 bits per heavy atom. The number of fused-ring (bicyclic) bond motifs is 1. The molecule has 0 unspecified atom stereocenters. The number of hydrogen-bond donors (Lipinski definition) is 1. The van der Waals surface area contributed by atoms with Crippen molar-refractivity contribution in [2.75, 3.05) is 13.2 Å². The highest BCUT2D eigenvalue weighted by Crippen LogP contribution is 2.30. The number of aryl methyl sites for hydroxylation is 1. The van der Waals surface area contributed by atoms with E-state index in [1.807, 2.05) is 55.5 Å². The normalized spacial score (nSPS) is 16.7. The molecule has 2 aromatic rings. The summed E-state index contributed by atoms with van der Waals surface area (Å²) in [6, 6.07) is 15.2. The molecule has 0 atom stereocenters. The number of benzene rings is 2. The Balaban J connectivity index is 1.41. The Bertz CT molecular complexity index is 1170. The topological polar surface area (TPSA) is 87.3 Å². The molecule has 8 heteroatoms. The lowest BCUT2D eigenvalue weighted by Crippen LogP contribution is -2.35. The number of carbonyl (C=O) groups is 1. The van der Waals surface area contributed by atoms with Crippen molar-refractivity contribution in [3.63, 3.8) is 0 Å². The van der Waals surface area contributed by atoms with E-state index in [0.29, 0.717) is 30.0 Å². The van der Waals surface area contributed by atoms with Crippen LogP contribution in [-0.2, 0) is 4.79 Å². The van der Waals surface area contributed by atoms with Crippen LogP contribution in [0.2, 0.25) is 0 Å². The van der Waals surface area contributed by atoms with E-state index in [2.05, 4.69) is 23.9 Å². The second-order valence-corrected chi connectivity index (χ2v) is 9.19. The summed E-state index contributed by atoms with van der Waals surface area (Å²) in [4.78, 5) is 16.7. The van der Waals surface area contributed by atoms with E-state index in [9.17, 15) is 4.79 Å². The quantitative estimate of drug-likeness (QED) is 0.435. The second-order valence-electron chi connectivity index (χ2n) is 8.15. The minimum absolute atomic E-state index is 0.0363. The maximum absolute atomic E-state index is 12.6. The molecule has 0 bridgehead atoms. The third-order valence-corrected chi connectivity index (χ3v) is 5.88. The van der Waals surface area contributed by atoms with E-state index in [1.165, 1.54) is 16.8 Å². The van der Waals surface area contributed by atoms with Gasteiger partial charge in [-0.3, -0.25) is 10.2 Å². The average Bonchev–Trinajstić information content (AvgIpc) is 3.17. The maximum atomic E-state index is 12.6. The molecule has 4 rings (SSSR count). The van der Waals surface area contributed by atoms with Crippen molar-refractivity contribution in [3.8, 4) is 11.5 Å². The summed E-state index contributed by atoms with van der Waals surface area (Å²) >= 11 is 1.36. The van der Waals surface area contributed by atoms with Gasteiger partial charge in [0.25, 0.3) is 5.91 Å². The average molecular weight is 463 g/mol. The monoisotopic (exact) mass is 462 g/mol. The van der Waals surface area contributed by atoms with Gasteiger partial charge in [0, 0.05) is 6.42 Å². The fourth-order valence-corrected chi connectivity index (χ4v) is 4.45. The zero-order valence-corrected chi connectivity index (χ0v) is 19.7. The number of carbonyl (C=O) groups excluding carboxylic acids is 1. The SMILES string of the molecule is Cc1ccccc1OCCOc1cccc(/C=C2/C(=N)N3N=C(CC(C)C)SC3=NC2=O)c1. The number of hydrogen-bond acceptors (Lipinski definition) is 6. The van der Waals surface area contributed by atoms with E-state index < -0.39 is 5.91 Å². The predicted octanol–water partition coefficient (Wildman–Crippen LogP) is 5.12. The maximum Gasteiger partial charge on any atom is 0.283 e. The Morgan fingerprint density at radius 1 is 1.12 bits per heavy atom. The molecule has 170 valence electrons. The molecule has 0 saturated carbocycles. The highest BCUT2D eigenvalue weighted by molar-refractivity contribution is 8.26. The highest BCUT2D eigenvalue weighted by atomic mass is 32.2. The first-order chi connectivity index (χ1) is 15.9. The van der Waals surface area contributed by atoms with Crippen LogP contribution in [0.25, 0.3) is 6.08 Å². The Hall–Kier alpha value is -3.39. The molecule has 1 amide bonds. The standard InChI is InChI=1S/C25H26N4O3S/c1-16(2)13-22-28-29-23(26)20(24(30)27-25(29)33-22)15-18-8-6-9-19(14-18)31-11-12-32-21-10-5-4-7-17(21)3/h4-10,14-16,26H,11-13H2,1-3H3/b20-15-,26-23?. The van der Waals surface area contributed by atoms with Crippen LogP contribution in [0.1, 0.15) is 31.4 Å². The molecule has 0 spiro atoms. The number of rotatable bonds is 8. The summed E-state index contributed by atoms with van der Waals surface area (Å²) in [5, 5.41) is 15.7. The largest absolute Gasteiger partial charge is 0.490 e. The van der Waals surface area contributed by atoms with Crippen LogP contribution in [-0.4, -0.2) is 40.2 Å². The van der Waals surface area contributed by atoms with Gasteiger partial charge in [0.15, 0.2) is 5.84 Å². The van der Waals surface area contributed by atoms with Gasteiger partial charge in [-0.05, 0) is 60.0 Å². The first-order valence-electron chi connectivity index (χ1n) is 10.8. The van der Waals surface area contributed by atoms with Crippen molar-refractivity contribution in [2.24, 2.45) is 16.0 Å². The summed E-state index contributed by atoms with van der Waals surface area (Å²) in [5.74, 6) is 1.54. The fraction of sp³-hybridized carbons (Fsp3) is 0.280. The molecule has 2 aliphatic heterocycles. The Labute approximate surface area is 197 Å². The zero-order chi connectivity index (χ0) is 23.4. The smallest absolute Gasteiger partial charge is 0.283 e. The number of thioether (sulfide) groups is 1. The molecule has 2 aliphatic rings. The number of amides is 1. The van der Waals surface area contributed by atoms with Gasteiger partial charge in [0.2, 0.25) is 5.17 Å². The van der Waals surface area contributed by atoms with Crippen molar-refractivity contribution >= 4 is 39.8 Å². The predicted molar refractivity (Wildman–Crippen MR) is 133 cm³/mol. The van der Waals surface area contributed by atoms with Crippen LogP contribution < -0.4 is 9.47 Å². The molecule has 7 nitrogen and oxygen atoms in total. The van der Waals surface area contributed by atoms with Gasteiger partial charge in [-0.2, -0.15) is 15.1 Å². The molecule has 0 saturated heterocycles. The molecule has 33 heavy (non-hydrogen) atoms. The summed E-state index contributed by atoms with van der Waals surface area (Å²) in [5.41, 5.74) is 2.03. The summed E-state index contributed by atoms with van der Waals surface area (Å²) < 4.78 is 11.6. The van der Waals surface area contributed by atoms with Crippen molar-refractivity contribution in [1.82, 2.24) is 5.01 Å². The molecule has 0 radical (unpaired) electrons. The summed E-state index contributed by atoms with van der Waals surface area (Å²) in [6.07, 6.45) is 2.44. The van der Waals surface area contributed by atoms with Gasteiger partial charge in [-0.25, -0.2) is 0 Å². The first kappa shape index (κ1) is 22.8. The van der Waals surface area contributed by atoms with Crippen LogP contribution in [0.5, 0.6) is 11.5 Å². The van der Waals surface area contributed by atoms with Crippen molar-refractivity contribution in [1.29, 1.82) is 5.41 Å². The third kappa shape index (κ3) is 5.51. The number of nitrogens with one attached hydrogen (secondary N) is 1. The van der Waals surface area contributed by atoms with Crippen LogP contribution in [0.4, 0.5) is 0 Å². The van der Waals surface area contributed by atoms with Gasteiger partial charge >= 0.3 is 0 Å². The van der Waals surface area contributed by atoms with Crippen molar-refractivity contribution in [2.45, 2.75) is 27.2 Å². The van der Waals surface area contributed by atoms with E-state index in [-0.39, 0.29) is 11.4 Å². The van der Waals surface area contributed by atoms with Gasteiger partial charge in [0.05, 0.1) is 5.57 Å². The molecule has 2 aromatic carbocycles. The second kappa shape index (κ2) is 10.0. The van der Waals surface area contributed by atoms with Gasteiger partial charge in [0.1, 0.15) is 29.8 Å². The van der Waals surface area contributed by atoms with Crippen LogP contribution in [0.3, 0.4) is 0 Å². The molecule has 0 aromatic heterocycles. The Kier molecular flexibility index (Phi) is 6.93. The molecule has 2 heterocycles. The number of hydrazone groups is 1. The lowest BCUT2D eigenvalue weighted by atomic mass is 10.1. The van der Waals surface area contributed by atoms with Crippen molar-refractivity contribution in [3.05, 3.63) is 65.2 Å². The highest BCUT2D eigenvalue weighted by Gasteiger charge is 2.35. The fourth-order valence-electron chi connectivity index (χ4n) is 3.35. The number of aliphatic imine (C=N–C) groups is 1. The third-order valence-electron chi connectivity index (χ3n) is 4.95. The number of para-hydroxylation sites is 1. The summed E-state index contributed by atoms with van der Waals surface area (Å²) in [7, 11) is 0. The number of ether oxygens (including phenoxy) is 2. The van der Waals surface area contributed by atoms with Crippen LogP contribution in [0.15, 0.2) is 64.2 Å². The number of amidine groups is 2. The van der Waals surface area contributed by atoms with E-state index in [4.69, 9.17) is 14.9 Å². The van der Waals surface area contributed by atoms with E-state index in [0.717, 1.165) is 28.3 Å². The van der Waals surface area contributed by atoms with E-state index in [1.54, 1.807) is 6.08 Å². The van der Waals surface area contributed by atoms with Gasteiger partial charge < -0.3 is 9.47 Å². The lowest BCUT2D eigenvalue weighted by molar-refractivity contribution is -0.114. The first-order valence-corrected chi connectivity index (χ1v) is 11.6. The Morgan fingerprint density at radius 2 is 1.91 bits per heavy atom. The molecule has 1 N–H and O–H groups in total. The van der Waals surface area contributed by atoms with Gasteiger partial charge in [-0.15, -0.1) is 0 Å². The van der Waals surface area contributed by atoms with Gasteiger partial charge in [-0.1, -0.05) is 44.2 Å². The lowest BCUT2D eigenvalue weighted by Gasteiger charge is -2.20. The molecular formula is C25H26N4O3S. The van der Waals surface area contributed by atoms with Crippen LogP contribution in [0, 0.1) is 18.3 Å².